The highest BCUT2D eigenvalue weighted by Gasteiger charge is 2.11. The van der Waals surface area contributed by atoms with Gasteiger partial charge in [0.05, 0.1) is 12.4 Å². The van der Waals surface area contributed by atoms with E-state index < -0.39 is 15.7 Å². The third-order valence-corrected chi connectivity index (χ3v) is 4.78. The summed E-state index contributed by atoms with van der Waals surface area (Å²) in [4.78, 5) is 6.33. The average Bonchev–Trinajstić information content (AvgIpc) is 2.60. The number of aliphatic imine (C=N–C) groups is 1. The van der Waals surface area contributed by atoms with E-state index in [1.54, 1.807) is 14.2 Å². The van der Waals surface area contributed by atoms with Crippen LogP contribution in [0.5, 0.6) is 0 Å². The molecule has 2 N–H and O–H groups in total. The summed E-state index contributed by atoms with van der Waals surface area (Å²) in [5.74, 6) is 0.0691. The number of nitrogens with one attached hydrogen (secondary N) is 2. The van der Waals surface area contributed by atoms with Crippen molar-refractivity contribution in [2.75, 3.05) is 53.7 Å². The van der Waals surface area contributed by atoms with Crippen LogP contribution in [-0.2, 0) is 26.9 Å². The molecule has 0 heterocycles. The molecule has 0 spiro atoms. The molecule has 0 radical (unpaired) electrons. The molecule has 1 rings (SSSR count). The van der Waals surface area contributed by atoms with E-state index in [0.717, 1.165) is 32.3 Å². The van der Waals surface area contributed by atoms with Crippen LogP contribution in [0.2, 0.25) is 0 Å². The van der Waals surface area contributed by atoms with Gasteiger partial charge in [-0.15, -0.1) is 24.0 Å². The predicted octanol–water partition coefficient (Wildman–Crippen LogP) is 1.62. The Balaban J connectivity index is 0.00000729. The third-order valence-electron chi connectivity index (χ3n) is 3.94. The van der Waals surface area contributed by atoms with E-state index in [9.17, 15) is 12.8 Å². The van der Waals surface area contributed by atoms with Gasteiger partial charge in [0.15, 0.2) is 15.8 Å². The molecular formula is C18H32FIN4O3S. The maximum absolute atomic E-state index is 13.6. The number of guanidine groups is 1. The maximum atomic E-state index is 13.6. The number of halogens is 2. The molecule has 0 aliphatic carbocycles. The average molecular weight is 530 g/mol. The van der Waals surface area contributed by atoms with E-state index in [0.29, 0.717) is 23.7 Å². The zero-order valence-electron chi connectivity index (χ0n) is 17.0. The monoisotopic (exact) mass is 530 g/mol. The normalized spacial score (nSPS) is 12.0. The number of rotatable bonds is 11. The molecule has 7 nitrogen and oxygen atoms in total. The molecule has 0 atom stereocenters. The molecule has 0 unspecified atom stereocenters. The van der Waals surface area contributed by atoms with Gasteiger partial charge in [-0.05, 0) is 43.3 Å². The van der Waals surface area contributed by atoms with Crippen LogP contribution in [0.3, 0.4) is 0 Å². The quantitative estimate of drug-likeness (QED) is 0.196. The van der Waals surface area contributed by atoms with Crippen molar-refractivity contribution in [1.29, 1.82) is 0 Å². The Hall–Kier alpha value is -0.980. The van der Waals surface area contributed by atoms with Crippen LogP contribution in [0, 0.1) is 5.82 Å². The van der Waals surface area contributed by atoms with Crippen molar-refractivity contribution in [2.45, 2.75) is 18.7 Å². The Bertz CT molecular complexity index is 717. The fraction of sp³-hybridized carbons (Fsp3) is 0.611. The summed E-state index contributed by atoms with van der Waals surface area (Å²) in [7, 11) is 2.18. The molecule has 0 saturated heterocycles. The van der Waals surface area contributed by atoms with Crippen LogP contribution in [0.15, 0.2) is 23.2 Å². The molecule has 0 fully saturated rings. The van der Waals surface area contributed by atoms with Gasteiger partial charge in [-0.3, -0.25) is 4.99 Å². The maximum Gasteiger partial charge on any atom is 0.191 e. The smallest absolute Gasteiger partial charge is 0.191 e. The summed E-state index contributed by atoms with van der Waals surface area (Å²) in [5, 5.41) is 6.31. The van der Waals surface area contributed by atoms with Crippen LogP contribution >= 0.6 is 24.0 Å². The van der Waals surface area contributed by atoms with Crippen LogP contribution in [-0.4, -0.2) is 73.0 Å². The van der Waals surface area contributed by atoms with Gasteiger partial charge in [-0.2, -0.15) is 0 Å². The largest absolute Gasteiger partial charge is 0.383 e. The molecular weight excluding hydrogens is 498 g/mol. The van der Waals surface area contributed by atoms with Crippen LogP contribution < -0.4 is 10.6 Å². The Labute approximate surface area is 185 Å². The zero-order valence-corrected chi connectivity index (χ0v) is 20.1. The highest BCUT2D eigenvalue weighted by Crippen LogP contribution is 2.14. The van der Waals surface area contributed by atoms with E-state index in [4.69, 9.17) is 4.74 Å². The molecule has 1 aromatic carbocycles. The number of nitrogens with zero attached hydrogens (tertiary/aromatic N) is 2. The van der Waals surface area contributed by atoms with E-state index in [1.165, 1.54) is 18.2 Å². The molecule has 10 heteroatoms. The van der Waals surface area contributed by atoms with Gasteiger partial charge in [0.25, 0.3) is 0 Å². The second-order valence-electron chi connectivity index (χ2n) is 6.49. The topological polar surface area (TPSA) is 83.0 Å². The second kappa shape index (κ2) is 14.1. The van der Waals surface area contributed by atoms with Gasteiger partial charge in [-0.1, -0.05) is 6.07 Å². The number of likely N-dealkylation sites (N-methyl/N-ethyl adjacent to an activating group) is 1. The molecule has 0 saturated carbocycles. The number of sulfone groups is 1. The fourth-order valence-corrected chi connectivity index (χ4v) is 3.34. The van der Waals surface area contributed by atoms with Crippen molar-refractivity contribution >= 4 is 39.8 Å². The molecule has 0 aliphatic heterocycles. The molecule has 0 aliphatic rings. The van der Waals surface area contributed by atoms with Gasteiger partial charge < -0.3 is 20.3 Å². The molecule has 0 bridgehead atoms. The van der Waals surface area contributed by atoms with Crippen molar-refractivity contribution < 1.29 is 17.5 Å². The summed E-state index contributed by atoms with van der Waals surface area (Å²) in [6.45, 7) is 3.53. The Kier molecular flexibility index (Phi) is 13.6. The minimum atomic E-state index is -3.20. The Morgan fingerprint density at radius 3 is 2.57 bits per heavy atom. The lowest BCUT2D eigenvalue weighted by molar-refractivity contribution is 0.161. The van der Waals surface area contributed by atoms with Crippen molar-refractivity contribution in [1.82, 2.24) is 15.5 Å². The van der Waals surface area contributed by atoms with Gasteiger partial charge in [0.1, 0.15) is 5.82 Å². The first-order valence-electron chi connectivity index (χ1n) is 8.82. The number of hydrogen-bond donors (Lipinski definition) is 2. The lowest BCUT2D eigenvalue weighted by atomic mass is 10.1. The second-order valence-corrected chi connectivity index (χ2v) is 8.63. The molecule has 1 aromatic rings. The Morgan fingerprint density at radius 2 is 1.96 bits per heavy atom. The molecule has 28 heavy (non-hydrogen) atoms. The van der Waals surface area contributed by atoms with E-state index in [-0.39, 0.29) is 36.3 Å². The van der Waals surface area contributed by atoms with E-state index in [1.807, 2.05) is 7.05 Å². The highest BCUT2D eigenvalue weighted by molar-refractivity contribution is 14.0. The minimum absolute atomic E-state index is 0. The lowest BCUT2D eigenvalue weighted by Gasteiger charge is -2.17. The first-order valence-corrected chi connectivity index (χ1v) is 10.9. The van der Waals surface area contributed by atoms with Crippen molar-refractivity contribution in [3.05, 3.63) is 35.1 Å². The number of benzene rings is 1. The summed E-state index contributed by atoms with van der Waals surface area (Å²) >= 11 is 0. The summed E-state index contributed by atoms with van der Waals surface area (Å²) in [6, 6.07) is 4.14. The minimum Gasteiger partial charge on any atom is -0.383 e. The van der Waals surface area contributed by atoms with Gasteiger partial charge in [0.2, 0.25) is 0 Å². The summed E-state index contributed by atoms with van der Waals surface area (Å²) in [5.41, 5.74) is 1.18. The lowest BCUT2D eigenvalue weighted by Crippen LogP contribution is -2.38. The first-order chi connectivity index (χ1) is 12.7. The van der Waals surface area contributed by atoms with Gasteiger partial charge in [0, 0.05) is 40.0 Å². The first kappa shape index (κ1) is 27.0. The van der Waals surface area contributed by atoms with Crippen LogP contribution in [0.4, 0.5) is 4.39 Å². The summed E-state index contributed by atoms with van der Waals surface area (Å²) < 4.78 is 41.7. The summed E-state index contributed by atoms with van der Waals surface area (Å²) in [6.07, 6.45) is 2.10. The van der Waals surface area contributed by atoms with E-state index >= 15 is 0 Å². The van der Waals surface area contributed by atoms with Crippen molar-refractivity contribution in [2.24, 2.45) is 4.99 Å². The molecule has 162 valence electrons. The zero-order chi connectivity index (χ0) is 20.3. The van der Waals surface area contributed by atoms with Crippen LogP contribution in [0.25, 0.3) is 0 Å². The van der Waals surface area contributed by atoms with Gasteiger partial charge in [-0.25, -0.2) is 12.8 Å². The van der Waals surface area contributed by atoms with Crippen LogP contribution in [0.1, 0.15) is 17.5 Å². The fourth-order valence-electron chi connectivity index (χ4n) is 2.50. The third kappa shape index (κ3) is 11.8. The Morgan fingerprint density at radius 1 is 1.25 bits per heavy atom. The number of ether oxygens (including phenoxy) is 1. The SMILES string of the molecule is CN=C(NCCCN(C)CCOC)NCc1cc(F)ccc1CS(C)(=O)=O.I. The molecule has 0 aromatic heterocycles. The van der Waals surface area contributed by atoms with Crippen molar-refractivity contribution in [3.8, 4) is 0 Å². The van der Waals surface area contributed by atoms with Gasteiger partial charge >= 0.3 is 0 Å². The highest BCUT2D eigenvalue weighted by atomic mass is 127. The number of methoxy groups -OCH3 is 1. The predicted molar refractivity (Wildman–Crippen MR) is 123 cm³/mol. The standard InChI is InChI=1S/C18H31FN4O3S.HI/c1-20-18(21-8-5-9-23(2)10-11-26-3)22-13-16-12-17(19)7-6-15(16)14-27(4,24)25;/h6-7,12H,5,8-11,13-14H2,1-4H3,(H2,20,21,22);1H. The molecule has 0 amide bonds. The number of hydrogen-bond acceptors (Lipinski definition) is 5. The van der Waals surface area contributed by atoms with Crippen molar-refractivity contribution in [3.63, 3.8) is 0 Å². The van der Waals surface area contributed by atoms with E-state index in [2.05, 4.69) is 20.5 Å².